The number of aliphatic carboxylic acids is 1. The molecule has 1 heterocycles. The fraction of sp³-hybridized carbons (Fsp3) is 0.812. The summed E-state index contributed by atoms with van der Waals surface area (Å²) in [6.07, 6.45) is -9.74. The van der Waals surface area contributed by atoms with E-state index in [1.807, 2.05) is 0 Å². The van der Waals surface area contributed by atoms with Crippen molar-refractivity contribution in [3.63, 3.8) is 0 Å². The molecule has 0 bridgehead atoms. The largest absolute Gasteiger partial charge is 0.481 e. The maximum atomic E-state index is 13.4. The first-order valence-corrected chi connectivity index (χ1v) is 8.31. The number of hydrogen-bond acceptors (Lipinski definition) is 4. The Labute approximate surface area is 152 Å². The number of carbonyl (C=O) groups is 3. The van der Waals surface area contributed by atoms with Gasteiger partial charge in [-0.3, -0.25) is 9.59 Å². The van der Waals surface area contributed by atoms with Gasteiger partial charge in [-0.25, -0.2) is 18.5 Å². The Hall–Kier alpha value is -1.94. The number of alkyl halides is 5. The first-order chi connectivity index (χ1) is 12.1. The molecule has 156 valence electrons. The average Bonchev–Trinajstić information content (AvgIpc) is 2.85. The third kappa shape index (κ3) is 6.62. The number of carboxylic acid groups (broad SMARTS) is 1. The molecule has 1 N–H and O–H groups in total. The van der Waals surface area contributed by atoms with Gasteiger partial charge < -0.3 is 9.84 Å². The van der Waals surface area contributed by atoms with Gasteiger partial charge in [0.25, 0.3) is 0 Å². The standard InChI is InChI=1S/C16H22F5NO5/c1-8(2)11-7-27-14(26)22(11)12(23)9(4-5-16(19,20)21)10(13(24)25)6-15(3,17)18/h8-11H,4-7H2,1-3H3,(H,24,25). The first-order valence-electron chi connectivity index (χ1n) is 8.31. The summed E-state index contributed by atoms with van der Waals surface area (Å²) in [5.41, 5.74) is 0. The van der Waals surface area contributed by atoms with Crippen LogP contribution in [0.3, 0.4) is 0 Å². The van der Waals surface area contributed by atoms with Crippen molar-refractivity contribution in [3.05, 3.63) is 0 Å². The Morgan fingerprint density at radius 1 is 1.22 bits per heavy atom. The van der Waals surface area contributed by atoms with Gasteiger partial charge in [0.1, 0.15) is 6.61 Å². The highest BCUT2D eigenvalue weighted by atomic mass is 19.4. The molecule has 0 aromatic heterocycles. The quantitative estimate of drug-likeness (QED) is 0.625. The minimum atomic E-state index is -4.72. The summed E-state index contributed by atoms with van der Waals surface area (Å²) in [4.78, 5) is 36.7. The lowest BCUT2D eigenvalue weighted by Crippen LogP contribution is -2.48. The van der Waals surface area contributed by atoms with Crippen LogP contribution in [-0.2, 0) is 14.3 Å². The van der Waals surface area contributed by atoms with Crippen molar-refractivity contribution in [3.8, 4) is 0 Å². The zero-order valence-electron chi connectivity index (χ0n) is 15.1. The minimum Gasteiger partial charge on any atom is -0.481 e. The van der Waals surface area contributed by atoms with Crippen LogP contribution in [0.25, 0.3) is 0 Å². The Bertz CT molecular complexity index is 573. The molecule has 2 amide bonds. The average molecular weight is 403 g/mol. The van der Waals surface area contributed by atoms with Gasteiger partial charge in [0.05, 0.1) is 17.9 Å². The molecule has 0 radical (unpaired) electrons. The summed E-state index contributed by atoms with van der Waals surface area (Å²) in [7, 11) is 0. The van der Waals surface area contributed by atoms with Crippen LogP contribution < -0.4 is 0 Å². The Morgan fingerprint density at radius 2 is 1.78 bits per heavy atom. The molecule has 1 fully saturated rings. The predicted molar refractivity (Wildman–Crippen MR) is 82.0 cm³/mol. The molecule has 1 saturated heterocycles. The number of nitrogens with zero attached hydrogens (tertiary/aromatic N) is 1. The highest BCUT2D eigenvalue weighted by Gasteiger charge is 2.48. The van der Waals surface area contributed by atoms with Crippen LogP contribution in [0.2, 0.25) is 0 Å². The maximum Gasteiger partial charge on any atom is 0.416 e. The first kappa shape index (κ1) is 23.1. The van der Waals surface area contributed by atoms with Crippen molar-refractivity contribution in [2.24, 2.45) is 17.8 Å². The van der Waals surface area contributed by atoms with Crippen LogP contribution in [0.15, 0.2) is 0 Å². The molecule has 6 nitrogen and oxygen atoms in total. The van der Waals surface area contributed by atoms with Crippen LogP contribution in [0, 0.1) is 17.8 Å². The molecule has 1 aliphatic rings. The summed E-state index contributed by atoms with van der Waals surface area (Å²) >= 11 is 0. The SMILES string of the molecule is CC(C)C1COC(=O)N1C(=O)C(CCC(F)(F)F)C(CC(C)(F)F)C(=O)O. The van der Waals surface area contributed by atoms with E-state index in [1.54, 1.807) is 13.8 Å². The normalized spacial score (nSPS) is 20.6. The smallest absolute Gasteiger partial charge is 0.416 e. The lowest BCUT2D eigenvalue weighted by molar-refractivity contribution is -0.159. The van der Waals surface area contributed by atoms with Crippen molar-refractivity contribution >= 4 is 18.0 Å². The van der Waals surface area contributed by atoms with E-state index < -0.39 is 67.2 Å². The third-order valence-electron chi connectivity index (χ3n) is 4.35. The number of hydrogen-bond donors (Lipinski definition) is 1. The molecule has 0 saturated carbocycles. The number of halogens is 5. The van der Waals surface area contributed by atoms with Crippen molar-refractivity contribution in [1.29, 1.82) is 0 Å². The van der Waals surface area contributed by atoms with Gasteiger partial charge in [0.2, 0.25) is 11.8 Å². The van der Waals surface area contributed by atoms with Crippen molar-refractivity contribution in [2.45, 2.75) is 58.2 Å². The van der Waals surface area contributed by atoms with Crippen molar-refractivity contribution in [2.75, 3.05) is 6.61 Å². The highest BCUT2D eigenvalue weighted by Crippen LogP contribution is 2.36. The molecule has 0 aliphatic carbocycles. The van der Waals surface area contributed by atoms with Gasteiger partial charge in [-0.2, -0.15) is 13.2 Å². The number of carboxylic acids is 1. The van der Waals surface area contributed by atoms with Gasteiger partial charge in [-0.15, -0.1) is 0 Å². The van der Waals surface area contributed by atoms with Crippen molar-refractivity contribution in [1.82, 2.24) is 4.90 Å². The highest BCUT2D eigenvalue weighted by molar-refractivity contribution is 5.96. The minimum absolute atomic E-state index is 0.199. The van der Waals surface area contributed by atoms with Crippen LogP contribution in [-0.4, -0.2) is 52.7 Å². The fourth-order valence-corrected chi connectivity index (χ4v) is 2.96. The molecule has 27 heavy (non-hydrogen) atoms. The van der Waals surface area contributed by atoms with Crippen molar-refractivity contribution < 1.29 is 46.2 Å². The summed E-state index contributed by atoms with van der Waals surface area (Å²) < 4.78 is 69.4. The van der Waals surface area contributed by atoms with Gasteiger partial charge in [-0.05, 0) is 19.3 Å². The van der Waals surface area contributed by atoms with E-state index in [0.717, 1.165) is 0 Å². The Kier molecular flexibility index (Phi) is 7.17. The van der Waals surface area contributed by atoms with E-state index in [0.29, 0.717) is 11.8 Å². The molecule has 0 aromatic rings. The fourth-order valence-electron chi connectivity index (χ4n) is 2.96. The van der Waals surface area contributed by atoms with Crippen LogP contribution in [0.4, 0.5) is 26.7 Å². The molecule has 1 rings (SSSR count). The van der Waals surface area contributed by atoms with Gasteiger partial charge in [0.15, 0.2) is 0 Å². The van der Waals surface area contributed by atoms with E-state index in [1.165, 1.54) is 0 Å². The summed E-state index contributed by atoms with van der Waals surface area (Å²) in [5, 5.41) is 9.27. The van der Waals surface area contributed by atoms with E-state index >= 15 is 0 Å². The second-order valence-corrected chi connectivity index (χ2v) is 7.08. The zero-order chi connectivity index (χ0) is 21.2. The zero-order valence-corrected chi connectivity index (χ0v) is 15.1. The summed E-state index contributed by atoms with van der Waals surface area (Å²) in [6.45, 7) is 3.48. The van der Waals surface area contributed by atoms with Crippen LogP contribution in [0.5, 0.6) is 0 Å². The molecule has 1 aliphatic heterocycles. The maximum absolute atomic E-state index is 13.4. The molecule has 3 atom stereocenters. The third-order valence-corrected chi connectivity index (χ3v) is 4.35. The predicted octanol–water partition coefficient (Wildman–Crippen LogP) is 3.69. The number of amides is 2. The Balaban J connectivity index is 3.24. The number of carbonyl (C=O) groups excluding carboxylic acids is 2. The number of imide groups is 1. The number of ether oxygens (including phenoxy) is 1. The lowest BCUT2D eigenvalue weighted by atomic mass is 9.82. The van der Waals surface area contributed by atoms with Gasteiger partial charge >= 0.3 is 18.2 Å². The number of cyclic esters (lactones) is 1. The van der Waals surface area contributed by atoms with Gasteiger partial charge in [-0.1, -0.05) is 13.8 Å². The molecular formula is C16H22F5NO5. The molecule has 0 spiro atoms. The lowest BCUT2D eigenvalue weighted by Gasteiger charge is -2.30. The molecule has 0 aromatic carbocycles. The van der Waals surface area contributed by atoms with Gasteiger partial charge in [0, 0.05) is 12.8 Å². The summed E-state index contributed by atoms with van der Waals surface area (Å²) in [5.74, 6) is -10.9. The Morgan fingerprint density at radius 3 is 2.19 bits per heavy atom. The topological polar surface area (TPSA) is 83.9 Å². The molecular weight excluding hydrogens is 381 g/mol. The molecule has 11 heteroatoms. The van der Waals surface area contributed by atoms with Crippen LogP contribution in [0.1, 0.15) is 40.0 Å². The second kappa shape index (κ2) is 8.39. The summed E-state index contributed by atoms with van der Waals surface area (Å²) in [6, 6.07) is -0.810. The molecule has 3 unspecified atom stereocenters. The number of rotatable bonds is 8. The van der Waals surface area contributed by atoms with E-state index in [-0.39, 0.29) is 12.5 Å². The van der Waals surface area contributed by atoms with E-state index in [2.05, 4.69) is 0 Å². The van der Waals surface area contributed by atoms with E-state index in [4.69, 9.17) is 4.74 Å². The monoisotopic (exact) mass is 403 g/mol. The van der Waals surface area contributed by atoms with E-state index in [9.17, 15) is 41.4 Å². The second-order valence-electron chi connectivity index (χ2n) is 7.08. The van der Waals surface area contributed by atoms with Crippen LogP contribution >= 0.6 is 0 Å².